The molecule has 1 aromatic heterocycles. The lowest BCUT2D eigenvalue weighted by Gasteiger charge is -2.08. The number of hydrogen-bond donors (Lipinski definition) is 2. The monoisotopic (exact) mass is 237 g/mol. The van der Waals surface area contributed by atoms with Gasteiger partial charge >= 0.3 is 0 Å². The van der Waals surface area contributed by atoms with Crippen LogP contribution in [0.5, 0.6) is 0 Å². The summed E-state index contributed by atoms with van der Waals surface area (Å²) in [7, 11) is 0. The molecule has 1 aliphatic carbocycles. The standard InChI is InChI=1S/C11H15N3OS/c12-11(14-15)10-7-9(5-6-13-10)16-8-3-1-2-4-8/h5-8,15H,1-4H2,(H2,12,14). The van der Waals surface area contributed by atoms with Crippen molar-refractivity contribution in [2.75, 3.05) is 0 Å². The van der Waals surface area contributed by atoms with Crippen molar-refractivity contribution in [3.8, 4) is 0 Å². The number of amidine groups is 1. The number of hydrogen-bond acceptors (Lipinski definition) is 4. The fraction of sp³-hybridized carbons (Fsp3) is 0.455. The van der Waals surface area contributed by atoms with E-state index < -0.39 is 0 Å². The zero-order valence-electron chi connectivity index (χ0n) is 8.97. The number of thioether (sulfide) groups is 1. The van der Waals surface area contributed by atoms with Crippen LogP contribution in [0, 0.1) is 0 Å². The van der Waals surface area contributed by atoms with E-state index in [2.05, 4.69) is 10.1 Å². The molecule has 1 heterocycles. The average Bonchev–Trinajstić information content (AvgIpc) is 2.81. The van der Waals surface area contributed by atoms with E-state index in [4.69, 9.17) is 10.9 Å². The molecule has 3 N–H and O–H groups in total. The molecule has 16 heavy (non-hydrogen) atoms. The van der Waals surface area contributed by atoms with Crippen LogP contribution < -0.4 is 5.73 Å². The van der Waals surface area contributed by atoms with Crippen molar-refractivity contribution >= 4 is 17.6 Å². The van der Waals surface area contributed by atoms with E-state index in [0.717, 1.165) is 4.90 Å². The van der Waals surface area contributed by atoms with Crippen molar-refractivity contribution in [3.05, 3.63) is 24.0 Å². The van der Waals surface area contributed by atoms with Gasteiger partial charge in [-0.2, -0.15) is 0 Å². The van der Waals surface area contributed by atoms with Crippen molar-refractivity contribution in [2.24, 2.45) is 10.9 Å². The van der Waals surface area contributed by atoms with E-state index in [1.165, 1.54) is 25.7 Å². The Morgan fingerprint density at radius 1 is 1.50 bits per heavy atom. The van der Waals surface area contributed by atoms with Crippen LogP contribution in [-0.2, 0) is 0 Å². The molecule has 5 heteroatoms. The Morgan fingerprint density at radius 2 is 2.25 bits per heavy atom. The lowest BCUT2D eigenvalue weighted by molar-refractivity contribution is 0.318. The third-order valence-electron chi connectivity index (χ3n) is 2.71. The van der Waals surface area contributed by atoms with E-state index in [1.54, 1.807) is 6.20 Å². The molecule has 1 saturated carbocycles. The molecule has 0 aromatic carbocycles. The van der Waals surface area contributed by atoms with Gasteiger partial charge in [0.05, 0.1) is 0 Å². The van der Waals surface area contributed by atoms with Crippen LogP contribution in [0.2, 0.25) is 0 Å². The number of nitrogens with zero attached hydrogens (tertiary/aromatic N) is 2. The third kappa shape index (κ3) is 2.66. The lowest BCUT2D eigenvalue weighted by Crippen LogP contribution is -2.14. The minimum Gasteiger partial charge on any atom is -0.409 e. The molecule has 0 bridgehead atoms. The second-order valence-corrected chi connectivity index (χ2v) is 5.26. The highest BCUT2D eigenvalue weighted by atomic mass is 32.2. The van der Waals surface area contributed by atoms with Crippen LogP contribution in [0.4, 0.5) is 0 Å². The molecule has 0 spiro atoms. The average molecular weight is 237 g/mol. The van der Waals surface area contributed by atoms with Crippen LogP contribution in [-0.4, -0.2) is 21.3 Å². The Kier molecular flexibility index (Phi) is 3.66. The third-order valence-corrected chi connectivity index (χ3v) is 4.04. The van der Waals surface area contributed by atoms with Crippen molar-refractivity contribution in [1.29, 1.82) is 0 Å². The van der Waals surface area contributed by atoms with Gasteiger partial charge in [0.1, 0.15) is 5.69 Å². The second kappa shape index (κ2) is 5.21. The first-order valence-electron chi connectivity index (χ1n) is 5.40. The molecule has 0 amide bonds. The van der Waals surface area contributed by atoms with Gasteiger partial charge in [0, 0.05) is 16.3 Å². The minimum absolute atomic E-state index is 0.0638. The summed E-state index contributed by atoms with van der Waals surface area (Å²) in [4.78, 5) is 5.20. The van der Waals surface area contributed by atoms with Crippen molar-refractivity contribution in [2.45, 2.75) is 35.8 Å². The summed E-state index contributed by atoms with van der Waals surface area (Å²) in [5.74, 6) is 0.0638. The Hall–Kier alpha value is -1.23. The summed E-state index contributed by atoms with van der Waals surface area (Å²) in [5.41, 5.74) is 6.03. The van der Waals surface area contributed by atoms with Crippen LogP contribution in [0.15, 0.2) is 28.4 Å². The van der Waals surface area contributed by atoms with Crippen molar-refractivity contribution < 1.29 is 5.21 Å². The summed E-state index contributed by atoms with van der Waals surface area (Å²) in [6.45, 7) is 0. The molecule has 0 aliphatic heterocycles. The summed E-state index contributed by atoms with van der Waals surface area (Å²) in [6, 6.07) is 3.84. The van der Waals surface area contributed by atoms with E-state index >= 15 is 0 Å². The predicted octanol–water partition coefficient (Wildman–Crippen LogP) is 2.21. The summed E-state index contributed by atoms with van der Waals surface area (Å²) >= 11 is 1.86. The van der Waals surface area contributed by atoms with Gasteiger partial charge in [-0.3, -0.25) is 4.98 Å². The first-order valence-corrected chi connectivity index (χ1v) is 6.28. The molecule has 1 aromatic rings. The summed E-state index contributed by atoms with van der Waals surface area (Å²) in [6.07, 6.45) is 6.92. The van der Waals surface area contributed by atoms with E-state index in [0.29, 0.717) is 10.9 Å². The second-order valence-electron chi connectivity index (χ2n) is 3.89. The van der Waals surface area contributed by atoms with Gasteiger partial charge in [0.2, 0.25) is 0 Å². The Morgan fingerprint density at radius 3 is 2.94 bits per heavy atom. The number of rotatable bonds is 3. The van der Waals surface area contributed by atoms with Gasteiger partial charge in [0.15, 0.2) is 5.84 Å². The summed E-state index contributed by atoms with van der Waals surface area (Å²) < 4.78 is 0. The molecule has 0 saturated heterocycles. The van der Waals surface area contributed by atoms with Crippen LogP contribution >= 0.6 is 11.8 Å². The van der Waals surface area contributed by atoms with Gasteiger partial charge in [-0.25, -0.2) is 0 Å². The molecular formula is C11H15N3OS. The smallest absolute Gasteiger partial charge is 0.188 e. The SMILES string of the molecule is NC(=NO)c1cc(SC2CCCC2)ccn1. The highest BCUT2D eigenvalue weighted by Crippen LogP contribution is 2.34. The van der Waals surface area contributed by atoms with E-state index in [1.807, 2.05) is 23.9 Å². The molecule has 0 unspecified atom stereocenters. The Bertz CT molecular complexity index is 389. The highest BCUT2D eigenvalue weighted by molar-refractivity contribution is 8.00. The summed E-state index contributed by atoms with van der Waals surface area (Å²) in [5, 5.41) is 12.2. The lowest BCUT2D eigenvalue weighted by atomic mass is 10.3. The maximum absolute atomic E-state index is 8.58. The minimum atomic E-state index is 0.0638. The largest absolute Gasteiger partial charge is 0.409 e. The quantitative estimate of drug-likeness (QED) is 0.366. The fourth-order valence-electron chi connectivity index (χ4n) is 1.87. The maximum atomic E-state index is 8.58. The Labute approximate surface area is 98.9 Å². The first-order chi connectivity index (χ1) is 7.79. The number of pyridine rings is 1. The Balaban J connectivity index is 2.09. The topological polar surface area (TPSA) is 71.5 Å². The van der Waals surface area contributed by atoms with Crippen molar-refractivity contribution in [1.82, 2.24) is 4.98 Å². The normalized spacial score (nSPS) is 17.9. The zero-order valence-corrected chi connectivity index (χ0v) is 9.78. The van der Waals surface area contributed by atoms with Crippen LogP contribution in [0.3, 0.4) is 0 Å². The first kappa shape index (κ1) is 11.3. The number of nitrogens with two attached hydrogens (primary N) is 1. The highest BCUT2D eigenvalue weighted by Gasteiger charge is 2.16. The van der Waals surface area contributed by atoms with Crippen LogP contribution in [0.25, 0.3) is 0 Å². The maximum Gasteiger partial charge on any atom is 0.188 e. The van der Waals surface area contributed by atoms with Crippen LogP contribution in [0.1, 0.15) is 31.4 Å². The predicted molar refractivity (Wildman–Crippen MR) is 64.9 cm³/mol. The number of oxime groups is 1. The molecule has 1 aliphatic rings. The van der Waals surface area contributed by atoms with E-state index in [9.17, 15) is 0 Å². The molecular weight excluding hydrogens is 222 g/mol. The molecule has 0 radical (unpaired) electrons. The molecule has 1 fully saturated rings. The zero-order chi connectivity index (χ0) is 11.4. The van der Waals surface area contributed by atoms with E-state index in [-0.39, 0.29) is 5.84 Å². The van der Waals surface area contributed by atoms with Gasteiger partial charge < -0.3 is 10.9 Å². The molecule has 2 rings (SSSR count). The number of aromatic nitrogens is 1. The van der Waals surface area contributed by atoms with Gasteiger partial charge in [-0.15, -0.1) is 11.8 Å². The van der Waals surface area contributed by atoms with Crippen molar-refractivity contribution in [3.63, 3.8) is 0 Å². The fourth-order valence-corrected chi connectivity index (χ4v) is 3.15. The molecule has 86 valence electrons. The van der Waals surface area contributed by atoms with Gasteiger partial charge in [-0.1, -0.05) is 18.0 Å². The molecule has 0 atom stereocenters. The molecule has 4 nitrogen and oxygen atoms in total. The van der Waals surface area contributed by atoms with Gasteiger partial charge in [-0.05, 0) is 25.0 Å². The van der Waals surface area contributed by atoms with Gasteiger partial charge in [0.25, 0.3) is 0 Å².